The molecule has 2 amide bonds. The standard InChI is InChI=1S/C20H25FN4O3S.ClH/c1-11-6-7-13(9-14(11)21)24-18(27)19(28)25-17(15-5-3-4-8-22-15)20-23-12(2)16(10-26)29-20;/h6-7,9,15,17,22,26H,3-5,8,10H2,1-2H3,(H,24,27)(H,25,28);1H. The zero-order valence-corrected chi connectivity index (χ0v) is 18.5. The molecule has 1 aromatic carbocycles. The number of thiazole rings is 1. The summed E-state index contributed by atoms with van der Waals surface area (Å²) >= 11 is 1.33. The van der Waals surface area contributed by atoms with E-state index in [4.69, 9.17) is 0 Å². The summed E-state index contributed by atoms with van der Waals surface area (Å²) in [6.07, 6.45) is 2.90. The maximum absolute atomic E-state index is 13.7. The minimum absolute atomic E-state index is 0. The molecule has 1 aliphatic heterocycles. The number of carbonyl (C=O) groups is 2. The summed E-state index contributed by atoms with van der Waals surface area (Å²) in [5, 5.41) is 18.7. The van der Waals surface area contributed by atoms with Crippen molar-refractivity contribution in [3.8, 4) is 0 Å². The molecule has 0 aliphatic carbocycles. The van der Waals surface area contributed by atoms with Crippen LogP contribution in [-0.4, -0.2) is 34.5 Å². The molecular formula is C20H26ClFN4O3S. The number of piperidine rings is 1. The third-order valence-electron chi connectivity index (χ3n) is 4.99. The topological polar surface area (TPSA) is 103 Å². The third-order valence-corrected chi connectivity index (χ3v) is 6.22. The van der Waals surface area contributed by atoms with Crippen LogP contribution < -0.4 is 16.0 Å². The minimum Gasteiger partial charge on any atom is -0.391 e. The zero-order valence-electron chi connectivity index (χ0n) is 16.8. The van der Waals surface area contributed by atoms with Crippen LogP contribution in [0.4, 0.5) is 10.1 Å². The number of rotatable bonds is 5. The lowest BCUT2D eigenvalue weighted by Crippen LogP contribution is -2.48. The maximum Gasteiger partial charge on any atom is 0.313 e. The third kappa shape index (κ3) is 5.75. The van der Waals surface area contributed by atoms with Crippen molar-refractivity contribution in [3.05, 3.63) is 45.2 Å². The Hall–Kier alpha value is -2.07. The quantitative estimate of drug-likeness (QED) is 0.518. The molecular weight excluding hydrogens is 431 g/mol. The van der Waals surface area contributed by atoms with Crippen molar-refractivity contribution < 1.29 is 19.1 Å². The van der Waals surface area contributed by atoms with Gasteiger partial charge in [0.25, 0.3) is 0 Å². The molecule has 7 nitrogen and oxygen atoms in total. The van der Waals surface area contributed by atoms with Crippen LogP contribution in [0.1, 0.15) is 46.4 Å². The van der Waals surface area contributed by atoms with E-state index in [1.807, 2.05) is 0 Å². The van der Waals surface area contributed by atoms with Gasteiger partial charge in [-0.1, -0.05) is 12.5 Å². The van der Waals surface area contributed by atoms with Gasteiger partial charge < -0.3 is 21.1 Å². The first-order valence-electron chi connectivity index (χ1n) is 9.57. The van der Waals surface area contributed by atoms with Crippen molar-refractivity contribution >= 4 is 41.2 Å². The Kier molecular flexibility index (Phi) is 8.72. The number of amides is 2. The summed E-state index contributed by atoms with van der Waals surface area (Å²) in [5.41, 5.74) is 1.38. The molecule has 0 bridgehead atoms. The van der Waals surface area contributed by atoms with Gasteiger partial charge in [0.05, 0.1) is 23.2 Å². The second-order valence-electron chi connectivity index (χ2n) is 7.14. The van der Waals surface area contributed by atoms with Gasteiger partial charge in [-0.25, -0.2) is 9.37 Å². The van der Waals surface area contributed by atoms with Crippen LogP contribution in [0, 0.1) is 19.7 Å². The Morgan fingerprint density at radius 2 is 2.10 bits per heavy atom. The lowest BCUT2D eigenvalue weighted by Gasteiger charge is -2.30. The van der Waals surface area contributed by atoms with Gasteiger partial charge in [-0.05, 0) is 50.9 Å². The number of aliphatic hydroxyl groups excluding tert-OH is 1. The molecule has 1 fully saturated rings. The Labute approximate surface area is 184 Å². The van der Waals surface area contributed by atoms with Crippen molar-refractivity contribution in [2.45, 2.75) is 51.8 Å². The molecule has 2 aromatic rings. The summed E-state index contributed by atoms with van der Waals surface area (Å²) in [5.74, 6) is -2.14. The van der Waals surface area contributed by atoms with Gasteiger partial charge in [0, 0.05) is 11.7 Å². The highest BCUT2D eigenvalue weighted by atomic mass is 35.5. The van der Waals surface area contributed by atoms with Crippen molar-refractivity contribution in [2.75, 3.05) is 11.9 Å². The number of nitrogens with one attached hydrogen (secondary N) is 3. The van der Waals surface area contributed by atoms with Crippen LogP contribution in [-0.2, 0) is 16.2 Å². The van der Waals surface area contributed by atoms with Gasteiger partial charge in [-0.15, -0.1) is 23.7 Å². The van der Waals surface area contributed by atoms with Crippen molar-refractivity contribution in [3.63, 3.8) is 0 Å². The number of hydrogen-bond acceptors (Lipinski definition) is 6. The van der Waals surface area contributed by atoms with Gasteiger partial charge in [0.2, 0.25) is 0 Å². The normalized spacial score (nSPS) is 17.0. The molecule has 1 saturated heterocycles. The van der Waals surface area contributed by atoms with Gasteiger partial charge in [0.15, 0.2) is 0 Å². The van der Waals surface area contributed by atoms with E-state index in [2.05, 4.69) is 20.9 Å². The summed E-state index contributed by atoms with van der Waals surface area (Å²) < 4.78 is 13.7. The van der Waals surface area contributed by atoms with Crippen molar-refractivity contribution in [1.29, 1.82) is 0 Å². The first kappa shape index (κ1) is 24.2. The number of anilines is 1. The predicted octanol–water partition coefficient (Wildman–Crippen LogP) is 2.75. The largest absolute Gasteiger partial charge is 0.391 e. The first-order valence-corrected chi connectivity index (χ1v) is 10.4. The fourth-order valence-electron chi connectivity index (χ4n) is 3.29. The predicted molar refractivity (Wildman–Crippen MR) is 116 cm³/mol. The number of halogens is 2. The number of carbonyl (C=O) groups excluding carboxylic acids is 2. The number of nitrogens with zero attached hydrogens (tertiary/aromatic N) is 1. The number of aryl methyl sites for hydroxylation is 2. The van der Waals surface area contributed by atoms with E-state index in [-0.39, 0.29) is 30.7 Å². The van der Waals surface area contributed by atoms with E-state index in [0.717, 1.165) is 30.7 Å². The van der Waals surface area contributed by atoms with Gasteiger partial charge in [0.1, 0.15) is 10.8 Å². The van der Waals surface area contributed by atoms with E-state index in [9.17, 15) is 19.1 Å². The molecule has 2 atom stereocenters. The summed E-state index contributed by atoms with van der Waals surface area (Å²) in [6, 6.07) is 3.70. The maximum atomic E-state index is 13.7. The molecule has 2 unspecified atom stereocenters. The highest BCUT2D eigenvalue weighted by Gasteiger charge is 2.31. The van der Waals surface area contributed by atoms with Gasteiger partial charge >= 0.3 is 11.8 Å². The fraction of sp³-hybridized carbons (Fsp3) is 0.450. The second-order valence-corrected chi connectivity index (χ2v) is 8.26. The average Bonchev–Trinajstić information content (AvgIpc) is 3.09. The molecule has 0 spiro atoms. The Bertz CT molecular complexity index is 902. The Morgan fingerprint density at radius 3 is 2.70 bits per heavy atom. The highest BCUT2D eigenvalue weighted by Crippen LogP contribution is 2.29. The van der Waals surface area contributed by atoms with Crippen LogP contribution in [0.3, 0.4) is 0 Å². The Morgan fingerprint density at radius 1 is 1.33 bits per heavy atom. The lowest BCUT2D eigenvalue weighted by molar-refractivity contribution is -0.136. The molecule has 30 heavy (non-hydrogen) atoms. The summed E-state index contributed by atoms with van der Waals surface area (Å²) in [6.45, 7) is 4.12. The molecule has 164 valence electrons. The fourth-order valence-corrected chi connectivity index (χ4v) is 4.34. The zero-order chi connectivity index (χ0) is 21.0. The molecule has 4 N–H and O–H groups in total. The first-order chi connectivity index (χ1) is 13.9. The molecule has 1 aliphatic rings. The number of hydrogen-bond donors (Lipinski definition) is 4. The smallest absolute Gasteiger partial charge is 0.313 e. The highest BCUT2D eigenvalue weighted by molar-refractivity contribution is 7.11. The van der Waals surface area contributed by atoms with Crippen LogP contribution in [0.5, 0.6) is 0 Å². The molecule has 0 radical (unpaired) electrons. The molecule has 0 saturated carbocycles. The van der Waals surface area contributed by atoms with E-state index >= 15 is 0 Å². The van der Waals surface area contributed by atoms with Gasteiger partial charge in [-0.2, -0.15) is 0 Å². The average molecular weight is 457 g/mol. The molecule has 10 heteroatoms. The molecule has 2 heterocycles. The van der Waals surface area contributed by atoms with Crippen LogP contribution in [0.2, 0.25) is 0 Å². The Balaban J connectivity index is 0.00000320. The van der Waals surface area contributed by atoms with Crippen LogP contribution in [0.15, 0.2) is 18.2 Å². The molecule has 1 aromatic heterocycles. The van der Waals surface area contributed by atoms with Crippen molar-refractivity contribution in [1.82, 2.24) is 15.6 Å². The SMILES string of the molecule is Cc1ccc(NC(=O)C(=O)NC(c2nc(C)c(CO)s2)C2CCCCN2)cc1F.Cl. The van der Waals surface area contributed by atoms with Crippen LogP contribution >= 0.6 is 23.7 Å². The van der Waals surface area contributed by atoms with E-state index in [1.54, 1.807) is 19.9 Å². The van der Waals surface area contributed by atoms with E-state index in [1.165, 1.54) is 23.5 Å². The van der Waals surface area contributed by atoms with E-state index < -0.39 is 23.7 Å². The van der Waals surface area contributed by atoms with Crippen molar-refractivity contribution in [2.24, 2.45) is 0 Å². The van der Waals surface area contributed by atoms with Gasteiger partial charge in [-0.3, -0.25) is 9.59 Å². The number of benzene rings is 1. The second kappa shape index (κ2) is 10.8. The monoisotopic (exact) mass is 456 g/mol. The summed E-state index contributed by atoms with van der Waals surface area (Å²) in [7, 11) is 0. The molecule has 3 rings (SSSR count). The van der Waals surface area contributed by atoms with E-state index in [0.29, 0.717) is 16.3 Å². The lowest BCUT2D eigenvalue weighted by atomic mass is 9.98. The number of aliphatic hydroxyl groups is 1. The summed E-state index contributed by atoms with van der Waals surface area (Å²) in [4.78, 5) is 30.2. The minimum atomic E-state index is -0.871. The van der Waals surface area contributed by atoms with Crippen LogP contribution in [0.25, 0.3) is 0 Å². The number of aromatic nitrogens is 1.